The Morgan fingerprint density at radius 3 is 1.16 bits per heavy atom. The van der Waals surface area contributed by atoms with Gasteiger partial charge in [-0.25, -0.2) is 0 Å². The van der Waals surface area contributed by atoms with Crippen LogP contribution in [0.3, 0.4) is 0 Å². The SMILES string of the molecule is Cc1cc(C)c(CP(O[Si](C)(C)OP(=O)(C(=O)c2c(C)cc(C)cc2C)C(=O)c2c(C)cc(C)cc2C)C(=O)c2c(C)cc(C)cc2C)c(C)c1. The molecule has 0 aliphatic heterocycles. The molecule has 4 aromatic carbocycles. The maximum atomic E-state index is 15.4. The summed E-state index contributed by atoms with van der Waals surface area (Å²) in [7, 11) is -10.5. The van der Waals surface area contributed by atoms with Gasteiger partial charge in [-0.2, -0.15) is 0 Å². The largest absolute Gasteiger partial charge is 0.363 e. The van der Waals surface area contributed by atoms with E-state index in [-0.39, 0.29) is 16.7 Å². The fraction of sp³-hybridized carbons (Fsp3) is 0.357. The highest BCUT2D eigenvalue weighted by Gasteiger charge is 2.50. The lowest BCUT2D eigenvalue weighted by atomic mass is 10.0. The molecule has 0 spiro atoms. The summed E-state index contributed by atoms with van der Waals surface area (Å²) in [5, 5.41) is 0. The Morgan fingerprint density at radius 2 is 0.824 bits per heavy atom. The zero-order valence-electron chi connectivity index (χ0n) is 32.7. The predicted octanol–water partition coefficient (Wildman–Crippen LogP) is 11.8. The van der Waals surface area contributed by atoms with Crippen LogP contribution >= 0.6 is 15.5 Å². The zero-order valence-corrected chi connectivity index (χ0v) is 35.5. The lowest BCUT2D eigenvalue weighted by Gasteiger charge is -2.32. The van der Waals surface area contributed by atoms with Crippen LogP contribution in [0.25, 0.3) is 0 Å². The summed E-state index contributed by atoms with van der Waals surface area (Å²) in [6.07, 6.45) is 0.303. The van der Waals surface area contributed by atoms with Gasteiger partial charge in [-0.05, 0) is 146 Å². The number of benzene rings is 4. The number of aryl methyl sites for hydroxylation is 12. The highest BCUT2D eigenvalue weighted by Crippen LogP contribution is 2.59. The lowest BCUT2D eigenvalue weighted by Crippen LogP contribution is -2.35. The van der Waals surface area contributed by atoms with E-state index in [0.717, 1.165) is 50.1 Å². The minimum Gasteiger partial charge on any atom is -0.363 e. The molecule has 4 rings (SSSR count). The Balaban J connectivity index is 1.89. The fourth-order valence-corrected chi connectivity index (χ4v) is 16.8. The molecule has 0 aromatic heterocycles. The van der Waals surface area contributed by atoms with Crippen LogP contribution < -0.4 is 0 Å². The van der Waals surface area contributed by atoms with Gasteiger partial charge < -0.3 is 8.43 Å². The van der Waals surface area contributed by atoms with E-state index in [0.29, 0.717) is 34.0 Å². The molecule has 0 bridgehead atoms. The Hall–Kier alpha value is -3.31. The van der Waals surface area contributed by atoms with Crippen LogP contribution in [0, 0.1) is 83.1 Å². The molecule has 0 saturated heterocycles. The van der Waals surface area contributed by atoms with Gasteiger partial charge in [0.15, 0.2) is 0 Å². The zero-order chi connectivity index (χ0) is 38.3. The van der Waals surface area contributed by atoms with Gasteiger partial charge in [-0.1, -0.05) is 70.8 Å². The number of hydrogen-bond acceptors (Lipinski definition) is 6. The van der Waals surface area contributed by atoms with Crippen LogP contribution in [0.4, 0.5) is 0 Å². The minimum absolute atomic E-state index is 0.161. The molecule has 51 heavy (non-hydrogen) atoms. The van der Waals surface area contributed by atoms with Crippen molar-refractivity contribution in [3.05, 3.63) is 138 Å². The number of hydrogen-bond donors (Lipinski definition) is 0. The third-order valence-corrected chi connectivity index (χ3v) is 17.5. The first kappa shape index (κ1) is 40.5. The summed E-state index contributed by atoms with van der Waals surface area (Å²) in [5.41, 5.74) is 10.4. The van der Waals surface area contributed by atoms with Crippen molar-refractivity contribution < 1.29 is 27.4 Å². The smallest absolute Gasteiger partial charge is 0.342 e. The summed E-state index contributed by atoms with van der Waals surface area (Å²) < 4.78 is 28.7. The molecular weight excluding hydrogens is 690 g/mol. The van der Waals surface area contributed by atoms with Gasteiger partial charge in [0.1, 0.15) is 0 Å². The van der Waals surface area contributed by atoms with Crippen LogP contribution in [0.5, 0.6) is 0 Å². The Kier molecular flexibility index (Phi) is 12.2. The molecule has 0 N–H and O–H groups in total. The van der Waals surface area contributed by atoms with E-state index >= 15 is 4.57 Å². The molecule has 9 heteroatoms. The van der Waals surface area contributed by atoms with Crippen LogP contribution in [-0.4, -0.2) is 25.1 Å². The van der Waals surface area contributed by atoms with Gasteiger partial charge in [0.25, 0.3) is 11.0 Å². The highest BCUT2D eigenvalue weighted by molar-refractivity contribution is 7.92. The fourth-order valence-electron chi connectivity index (χ4n) is 7.49. The van der Waals surface area contributed by atoms with Crippen molar-refractivity contribution in [3.8, 4) is 0 Å². The standard InChI is InChI=1S/C42H52O6P2Si/c1-24-15-28(5)36(29(6)16-24)23-49(40(43)37-30(7)17-25(2)18-31(37)8)47-51(13,14)48-50(46,41(44)38-32(9)19-26(3)20-33(38)10)42(45)39-34(11)21-27(4)22-35(39)12/h15-22H,23H2,1-14H3. The third-order valence-electron chi connectivity index (χ3n) is 9.25. The maximum absolute atomic E-state index is 15.4. The van der Waals surface area contributed by atoms with Gasteiger partial charge in [-0.3, -0.25) is 18.9 Å². The van der Waals surface area contributed by atoms with E-state index in [1.54, 1.807) is 40.8 Å². The van der Waals surface area contributed by atoms with E-state index in [9.17, 15) is 14.4 Å². The first-order valence-corrected chi connectivity index (χ1v) is 23.2. The van der Waals surface area contributed by atoms with Gasteiger partial charge in [-0.15, -0.1) is 0 Å². The van der Waals surface area contributed by atoms with Gasteiger partial charge in [0.05, 0.1) is 8.15 Å². The average molecular weight is 743 g/mol. The molecule has 0 aliphatic rings. The van der Waals surface area contributed by atoms with E-state index < -0.39 is 35.1 Å². The van der Waals surface area contributed by atoms with Crippen molar-refractivity contribution in [1.82, 2.24) is 0 Å². The Bertz CT molecular complexity index is 1960. The van der Waals surface area contributed by atoms with Crippen molar-refractivity contribution in [2.24, 2.45) is 0 Å². The van der Waals surface area contributed by atoms with Crippen molar-refractivity contribution in [2.45, 2.75) is 102 Å². The van der Waals surface area contributed by atoms with Crippen molar-refractivity contribution in [1.29, 1.82) is 0 Å². The Labute approximate surface area is 306 Å². The summed E-state index contributed by atoms with van der Waals surface area (Å²) in [4.78, 5) is 44.0. The molecule has 6 nitrogen and oxygen atoms in total. The molecule has 0 radical (unpaired) electrons. The van der Waals surface area contributed by atoms with Gasteiger partial charge >= 0.3 is 15.9 Å². The minimum atomic E-state index is -4.84. The van der Waals surface area contributed by atoms with Crippen LogP contribution in [0.15, 0.2) is 48.5 Å². The third kappa shape index (κ3) is 8.67. The topological polar surface area (TPSA) is 86.7 Å². The van der Waals surface area contributed by atoms with Crippen LogP contribution in [0.2, 0.25) is 13.1 Å². The molecular formula is C42H52O6P2Si. The van der Waals surface area contributed by atoms with Crippen molar-refractivity contribution >= 4 is 40.7 Å². The van der Waals surface area contributed by atoms with Crippen LogP contribution in [-0.2, 0) is 19.2 Å². The van der Waals surface area contributed by atoms with Crippen molar-refractivity contribution in [2.75, 3.05) is 0 Å². The summed E-state index contributed by atoms with van der Waals surface area (Å²) >= 11 is 0. The first-order chi connectivity index (χ1) is 23.6. The second-order valence-corrected chi connectivity index (χ2v) is 22.4. The molecule has 0 amide bonds. The molecule has 1 unspecified atom stereocenters. The van der Waals surface area contributed by atoms with Crippen LogP contribution in [0.1, 0.15) is 103 Å². The quantitative estimate of drug-likeness (QED) is 0.106. The van der Waals surface area contributed by atoms with E-state index in [1.807, 2.05) is 91.8 Å². The molecule has 270 valence electrons. The summed E-state index contributed by atoms with van der Waals surface area (Å²) in [6, 6.07) is 15.5. The van der Waals surface area contributed by atoms with E-state index in [2.05, 4.69) is 12.1 Å². The maximum Gasteiger partial charge on any atom is 0.342 e. The summed E-state index contributed by atoms with van der Waals surface area (Å²) in [6.45, 7) is 26.2. The normalized spacial score (nSPS) is 12.6. The second-order valence-electron chi connectivity index (χ2n) is 14.8. The first-order valence-electron chi connectivity index (χ1n) is 17.3. The molecule has 0 saturated carbocycles. The lowest BCUT2D eigenvalue weighted by molar-refractivity contribution is 0.101. The molecule has 1 atom stereocenters. The van der Waals surface area contributed by atoms with E-state index in [1.165, 1.54) is 0 Å². The second kappa shape index (κ2) is 15.3. The Morgan fingerprint density at radius 1 is 0.529 bits per heavy atom. The molecule has 0 fully saturated rings. The van der Waals surface area contributed by atoms with E-state index in [4.69, 9.17) is 8.43 Å². The van der Waals surface area contributed by atoms with Gasteiger partial charge in [0, 0.05) is 22.9 Å². The predicted molar refractivity (Wildman–Crippen MR) is 213 cm³/mol. The number of carbonyl (C=O) groups excluding carboxylic acids is 3. The molecule has 0 aliphatic carbocycles. The average Bonchev–Trinajstić information content (AvgIpc) is 2.96. The molecule has 4 aromatic rings. The number of carbonyl (C=O) groups is 3. The highest BCUT2D eigenvalue weighted by atomic mass is 31.2. The molecule has 0 heterocycles. The van der Waals surface area contributed by atoms with Crippen molar-refractivity contribution in [3.63, 3.8) is 0 Å². The monoisotopic (exact) mass is 742 g/mol. The number of rotatable bonds is 12. The van der Waals surface area contributed by atoms with Gasteiger partial charge in [0.2, 0.25) is 5.52 Å². The summed E-state index contributed by atoms with van der Waals surface area (Å²) in [5.74, 6) is 0.